The van der Waals surface area contributed by atoms with Gasteiger partial charge in [0.2, 0.25) is 0 Å². The van der Waals surface area contributed by atoms with E-state index in [1.165, 1.54) is 12.1 Å². The molecule has 2 N–H and O–H groups in total. The van der Waals surface area contributed by atoms with Gasteiger partial charge in [-0.15, -0.1) is 0 Å². The summed E-state index contributed by atoms with van der Waals surface area (Å²) in [7, 11) is 1.86. The number of pyridine rings is 1. The van der Waals surface area contributed by atoms with Gasteiger partial charge in [0.25, 0.3) is 0 Å². The first kappa shape index (κ1) is 20.5. The molecule has 0 radical (unpaired) electrons. The first-order chi connectivity index (χ1) is 15.4. The van der Waals surface area contributed by atoms with E-state index < -0.39 is 6.10 Å². The number of fused-ring (bicyclic) bond motifs is 7. The maximum atomic E-state index is 14.2. The lowest BCUT2D eigenvalue weighted by atomic mass is 9.94. The lowest BCUT2D eigenvalue weighted by Crippen LogP contribution is -2.10. The van der Waals surface area contributed by atoms with Gasteiger partial charge in [-0.05, 0) is 38.1 Å². The van der Waals surface area contributed by atoms with Crippen LogP contribution in [0.25, 0.3) is 22.5 Å². The van der Waals surface area contributed by atoms with Gasteiger partial charge in [0.1, 0.15) is 11.9 Å². The zero-order valence-corrected chi connectivity index (χ0v) is 18.7. The van der Waals surface area contributed by atoms with Crippen molar-refractivity contribution in [2.45, 2.75) is 32.9 Å². The second-order valence-electron chi connectivity index (χ2n) is 7.89. The van der Waals surface area contributed by atoms with Crippen molar-refractivity contribution in [3.05, 3.63) is 64.3 Å². The third kappa shape index (κ3) is 3.31. The second-order valence-corrected chi connectivity index (χ2v) is 8.24. The van der Waals surface area contributed by atoms with Crippen LogP contribution in [0.5, 0.6) is 5.75 Å². The maximum Gasteiger partial charge on any atom is 0.166 e. The minimum absolute atomic E-state index is 0.254. The first-order valence-electron chi connectivity index (χ1n) is 10.4. The Morgan fingerprint density at radius 2 is 2.09 bits per heavy atom. The number of ether oxygens (including phenoxy) is 1. The van der Waals surface area contributed by atoms with Crippen molar-refractivity contribution in [1.82, 2.24) is 24.5 Å². The number of nitrogens with two attached hydrogens (primary N) is 1. The summed E-state index contributed by atoms with van der Waals surface area (Å²) >= 11 is 6.61. The van der Waals surface area contributed by atoms with E-state index in [1.807, 2.05) is 37.8 Å². The minimum Gasteiger partial charge on any atom is -0.482 e. The molecule has 0 unspecified atom stereocenters. The monoisotopic (exact) mass is 452 g/mol. The van der Waals surface area contributed by atoms with Crippen LogP contribution in [0.2, 0.25) is 5.15 Å². The molecule has 7 nitrogen and oxygen atoms in total. The van der Waals surface area contributed by atoms with Crippen LogP contribution in [0.15, 0.2) is 36.7 Å². The van der Waals surface area contributed by atoms with Gasteiger partial charge in [-0.1, -0.05) is 11.6 Å². The van der Waals surface area contributed by atoms with Gasteiger partial charge < -0.3 is 10.5 Å². The Morgan fingerprint density at radius 1 is 1.28 bits per heavy atom. The molecular formula is C23H22ClFN6O. The molecule has 164 valence electrons. The van der Waals surface area contributed by atoms with Gasteiger partial charge in [-0.25, -0.2) is 9.37 Å². The SMILES string of the molecule is CCn1nc(Cl)c2c1-c1cnc(N)c(c1)O[C@@H](C)c1cc(F)ccc1-c1nn(C)cc1C2. The summed E-state index contributed by atoms with van der Waals surface area (Å²) in [5.74, 6) is 0.320. The zero-order valence-electron chi connectivity index (χ0n) is 17.9. The van der Waals surface area contributed by atoms with Crippen molar-refractivity contribution in [3.63, 3.8) is 0 Å². The van der Waals surface area contributed by atoms with E-state index >= 15 is 0 Å². The number of benzene rings is 1. The number of aryl methyl sites for hydroxylation is 2. The van der Waals surface area contributed by atoms with Crippen LogP contribution >= 0.6 is 11.6 Å². The van der Waals surface area contributed by atoms with Gasteiger partial charge in [-0.2, -0.15) is 10.2 Å². The third-order valence-electron chi connectivity index (χ3n) is 5.74. The van der Waals surface area contributed by atoms with Crippen molar-refractivity contribution in [3.8, 4) is 28.3 Å². The molecule has 4 aromatic rings. The lowest BCUT2D eigenvalue weighted by molar-refractivity contribution is 0.227. The lowest BCUT2D eigenvalue weighted by Gasteiger charge is -2.21. The van der Waals surface area contributed by atoms with Crippen molar-refractivity contribution in [2.24, 2.45) is 7.05 Å². The fourth-order valence-electron chi connectivity index (χ4n) is 4.28. The number of aromatic nitrogens is 5. The van der Waals surface area contributed by atoms with Crippen LogP contribution in [0.3, 0.4) is 0 Å². The topological polar surface area (TPSA) is 83.8 Å². The van der Waals surface area contributed by atoms with Gasteiger partial charge in [0, 0.05) is 60.2 Å². The predicted octanol–water partition coefficient (Wildman–Crippen LogP) is 4.78. The zero-order chi connectivity index (χ0) is 22.6. The molecule has 5 rings (SSSR count). The van der Waals surface area contributed by atoms with E-state index in [1.54, 1.807) is 16.9 Å². The van der Waals surface area contributed by atoms with Crippen molar-refractivity contribution < 1.29 is 9.13 Å². The molecule has 0 amide bonds. The Hall–Kier alpha value is -3.39. The number of hydrogen-bond donors (Lipinski definition) is 1. The Kier molecular flexibility index (Phi) is 4.89. The van der Waals surface area contributed by atoms with Crippen molar-refractivity contribution in [2.75, 3.05) is 5.73 Å². The highest BCUT2D eigenvalue weighted by Crippen LogP contribution is 2.39. The summed E-state index contributed by atoms with van der Waals surface area (Å²) in [4.78, 5) is 4.35. The average Bonchev–Trinajstić information content (AvgIpc) is 3.28. The highest BCUT2D eigenvalue weighted by atomic mass is 35.5. The highest BCUT2D eigenvalue weighted by molar-refractivity contribution is 6.30. The molecule has 1 aliphatic rings. The Balaban J connectivity index is 1.84. The molecule has 0 saturated carbocycles. The Morgan fingerprint density at radius 3 is 2.88 bits per heavy atom. The van der Waals surface area contributed by atoms with Crippen LogP contribution in [-0.4, -0.2) is 24.5 Å². The van der Waals surface area contributed by atoms with E-state index in [2.05, 4.69) is 10.1 Å². The summed E-state index contributed by atoms with van der Waals surface area (Å²) in [6, 6.07) is 6.48. The van der Waals surface area contributed by atoms with E-state index in [0.29, 0.717) is 29.4 Å². The standard InChI is InChI=1S/C23H22ClFN6O/c1-4-31-21-13-8-19(23(26)27-10-13)32-12(2)17-9-15(25)5-6-16(17)20-14(11-30(3)28-20)7-18(21)22(24)29-31/h5-6,8-12H,4,7H2,1-3H3,(H2,26,27)/t12-/m0/s1. The van der Waals surface area contributed by atoms with Gasteiger partial charge in [0.15, 0.2) is 16.7 Å². The number of nitrogens with zero attached hydrogens (tertiary/aromatic N) is 5. The van der Waals surface area contributed by atoms with E-state index in [-0.39, 0.29) is 11.6 Å². The molecule has 4 heterocycles. The normalized spacial score (nSPS) is 15.1. The van der Waals surface area contributed by atoms with Crippen molar-refractivity contribution in [1.29, 1.82) is 0 Å². The van der Waals surface area contributed by atoms with E-state index in [9.17, 15) is 4.39 Å². The largest absolute Gasteiger partial charge is 0.482 e. The molecule has 3 aromatic heterocycles. The number of hydrogen-bond acceptors (Lipinski definition) is 5. The first-order valence-corrected chi connectivity index (χ1v) is 10.7. The summed E-state index contributed by atoms with van der Waals surface area (Å²) in [6.45, 7) is 4.50. The summed E-state index contributed by atoms with van der Waals surface area (Å²) in [6.07, 6.45) is 3.66. The fraction of sp³-hybridized carbons (Fsp3) is 0.261. The molecule has 9 heteroatoms. The molecular weight excluding hydrogens is 431 g/mol. The molecule has 0 aliphatic carbocycles. The quantitative estimate of drug-likeness (QED) is 0.449. The number of nitrogen functional groups attached to an aromatic ring is 1. The predicted molar refractivity (Wildman–Crippen MR) is 121 cm³/mol. The van der Waals surface area contributed by atoms with E-state index in [0.717, 1.165) is 33.6 Å². The molecule has 32 heavy (non-hydrogen) atoms. The molecule has 1 aliphatic heterocycles. The van der Waals surface area contributed by atoms with Crippen LogP contribution in [0.1, 0.15) is 36.6 Å². The van der Waals surface area contributed by atoms with Gasteiger partial charge in [0.05, 0.1) is 11.4 Å². The van der Waals surface area contributed by atoms with Gasteiger partial charge in [-0.3, -0.25) is 9.36 Å². The summed E-state index contributed by atoms with van der Waals surface area (Å²) < 4.78 is 24.1. The van der Waals surface area contributed by atoms with E-state index in [4.69, 9.17) is 27.2 Å². The fourth-order valence-corrected chi connectivity index (χ4v) is 4.53. The minimum atomic E-state index is -0.492. The molecule has 2 bridgehead atoms. The molecule has 0 spiro atoms. The number of anilines is 1. The van der Waals surface area contributed by atoms with Crippen LogP contribution < -0.4 is 10.5 Å². The highest BCUT2D eigenvalue weighted by Gasteiger charge is 2.26. The van der Waals surface area contributed by atoms with Gasteiger partial charge >= 0.3 is 0 Å². The Bertz CT molecular complexity index is 1340. The van der Waals surface area contributed by atoms with Crippen LogP contribution in [0, 0.1) is 5.82 Å². The molecule has 1 atom stereocenters. The Labute approximate surface area is 189 Å². The number of halogens is 2. The average molecular weight is 453 g/mol. The summed E-state index contributed by atoms with van der Waals surface area (Å²) in [5, 5.41) is 9.64. The van der Waals surface area contributed by atoms with Crippen LogP contribution in [-0.2, 0) is 20.0 Å². The maximum absolute atomic E-state index is 14.2. The smallest absolute Gasteiger partial charge is 0.166 e. The molecule has 1 aromatic carbocycles. The second kappa shape index (κ2) is 7.63. The molecule has 0 saturated heterocycles. The van der Waals surface area contributed by atoms with Crippen molar-refractivity contribution >= 4 is 17.4 Å². The number of rotatable bonds is 1. The van der Waals surface area contributed by atoms with Crippen LogP contribution in [0.4, 0.5) is 10.2 Å². The summed E-state index contributed by atoms with van der Waals surface area (Å²) in [5.41, 5.74) is 11.8. The molecule has 0 fully saturated rings. The third-order valence-corrected chi connectivity index (χ3v) is 6.04.